The van der Waals surface area contributed by atoms with Crippen LogP contribution in [0.15, 0.2) is 42.6 Å². The van der Waals surface area contributed by atoms with E-state index in [1.54, 1.807) is 13.1 Å². The van der Waals surface area contributed by atoms with Crippen molar-refractivity contribution in [2.75, 3.05) is 10.2 Å². The Labute approximate surface area is 135 Å². The number of amides is 1. The van der Waals surface area contributed by atoms with Crippen LogP contribution in [0.3, 0.4) is 0 Å². The van der Waals surface area contributed by atoms with E-state index in [1.165, 1.54) is 0 Å². The fourth-order valence-electron chi connectivity index (χ4n) is 3.03. The van der Waals surface area contributed by atoms with E-state index in [0.29, 0.717) is 5.02 Å². The number of anilines is 2. The lowest BCUT2D eigenvalue weighted by molar-refractivity contribution is -0.117. The quantitative estimate of drug-likeness (QED) is 0.910. The van der Waals surface area contributed by atoms with Crippen molar-refractivity contribution in [2.45, 2.75) is 32.4 Å². The molecule has 1 aromatic heterocycles. The van der Waals surface area contributed by atoms with Crippen molar-refractivity contribution in [3.63, 3.8) is 0 Å². The second kappa shape index (κ2) is 5.97. The van der Waals surface area contributed by atoms with Crippen LogP contribution in [-0.4, -0.2) is 16.9 Å². The number of benzene rings is 1. The number of carbonyl (C=O) groups is 1. The molecule has 0 spiro atoms. The van der Waals surface area contributed by atoms with Gasteiger partial charge in [0.2, 0.25) is 5.91 Å². The number of hydrogen-bond donors (Lipinski definition) is 1. The predicted molar refractivity (Wildman–Crippen MR) is 89.3 cm³/mol. The number of rotatable bonds is 2. The third-order valence-corrected chi connectivity index (χ3v) is 4.20. The first-order valence-corrected chi connectivity index (χ1v) is 7.71. The summed E-state index contributed by atoms with van der Waals surface area (Å²) in [4.78, 5) is 18.3. The van der Waals surface area contributed by atoms with Crippen LogP contribution in [-0.2, 0) is 4.79 Å². The molecular weight excluding hydrogens is 298 g/mol. The zero-order valence-electron chi connectivity index (χ0n) is 12.6. The normalized spacial score (nSPS) is 20.4. The SMILES string of the molecule is CC(=O)N1c2cccnc2[C@@H](Nc2ccc(Cl)cc2)C[C@H]1C. The van der Waals surface area contributed by atoms with Crippen molar-refractivity contribution in [1.29, 1.82) is 0 Å². The molecule has 0 radical (unpaired) electrons. The summed E-state index contributed by atoms with van der Waals surface area (Å²) in [5, 5.41) is 4.21. The highest BCUT2D eigenvalue weighted by Crippen LogP contribution is 2.37. The average molecular weight is 316 g/mol. The van der Waals surface area contributed by atoms with Gasteiger partial charge in [-0.2, -0.15) is 0 Å². The molecule has 0 saturated heterocycles. The number of nitrogens with zero attached hydrogens (tertiary/aromatic N) is 2. The highest BCUT2D eigenvalue weighted by Gasteiger charge is 2.33. The van der Waals surface area contributed by atoms with Crippen molar-refractivity contribution < 1.29 is 4.79 Å². The summed E-state index contributed by atoms with van der Waals surface area (Å²) in [5.41, 5.74) is 2.79. The van der Waals surface area contributed by atoms with Gasteiger partial charge in [-0.3, -0.25) is 9.78 Å². The number of halogens is 1. The second-order valence-corrected chi connectivity index (χ2v) is 6.02. The number of fused-ring (bicyclic) bond motifs is 1. The van der Waals surface area contributed by atoms with Crippen molar-refractivity contribution in [3.05, 3.63) is 53.3 Å². The van der Waals surface area contributed by atoms with E-state index >= 15 is 0 Å². The van der Waals surface area contributed by atoms with E-state index in [-0.39, 0.29) is 18.0 Å². The molecule has 22 heavy (non-hydrogen) atoms. The molecule has 3 rings (SSSR count). The van der Waals surface area contributed by atoms with Gasteiger partial charge in [0.15, 0.2) is 0 Å². The third-order valence-electron chi connectivity index (χ3n) is 3.95. The average Bonchev–Trinajstić information content (AvgIpc) is 2.49. The first-order chi connectivity index (χ1) is 10.6. The third kappa shape index (κ3) is 2.79. The van der Waals surface area contributed by atoms with Crippen molar-refractivity contribution in [1.82, 2.24) is 4.98 Å². The minimum atomic E-state index is 0.0479. The number of aromatic nitrogens is 1. The summed E-state index contributed by atoms with van der Waals surface area (Å²) in [5.74, 6) is 0.0479. The van der Waals surface area contributed by atoms with Crippen molar-refractivity contribution in [2.24, 2.45) is 0 Å². The van der Waals surface area contributed by atoms with Gasteiger partial charge in [-0.25, -0.2) is 0 Å². The van der Waals surface area contributed by atoms with E-state index in [2.05, 4.69) is 17.2 Å². The molecule has 0 saturated carbocycles. The minimum absolute atomic E-state index is 0.0479. The maximum Gasteiger partial charge on any atom is 0.224 e. The Morgan fingerprint density at radius 1 is 1.32 bits per heavy atom. The van der Waals surface area contributed by atoms with Crippen molar-refractivity contribution in [3.8, 4) is 0 Å². The lowest BCUT2D eigenvalue weighted by atomic mass is 9.95. The number of carbonyl (C=O) groups excluding carboxylic acids is 1. The van der Waals surface area contributed by atoms with E-state index < -0.39 is 0 Å². The van der Waals surface area contributed by atoms with Crippen LogP contribution in [0.25, 0.3) is 0 Å². The van der Waals surface area contributed by atoms with Gasteiger partial charge >= 0.3 is 0 Å². The molecule has 114 valence electrons. The second-order valence-electron chi connectivity index (χ2n) is 5.59. The predicted octanol–water partition coefficient (Wildman–Crippen LogP) is 4.03. The minimum Gasteiger partial charge on any atom is -0.376 e. The van der Waals surface area contributed by atoms with Crippen LogP contribution in [0.2, 0.25) is 5.02 Å². The molecule has 1 aliphatic heterocycles. The van der Waals surface area contributed by atoms with Crippen molar-refractivity contribution >= 4 is 28.9 Å². The lowest BCUT2D eigenvalue weighted by Gasteiger charge is -2.38. The number of nitrogens with one attached hydrogen (secondary N) is 1. The Bertz CT molecular complexity index is 687. The molecule has 1 aromatic carbocycles. The van der Waals surface area contributed by atoms with Crippen LogP contribution >= 0.6 is 11.6 Å². The Morgan fingerprint density at radius 3 is 2.73 bits per heavy atom. The van der Waals surface area contributed by atoms with Gasteiger partial charge < -0.3 is 10.2 Å². The van der Waals surface area contributed by atoms with Gasteiger partial charge in [-0.15, -0.1) is 0 Å². The van der Waals surface area contributed by atoms with Gasteiger partial charge in [0, 0.05) is 29.9 Å². The molecule has 1 N–H and O–H groups in total. The van der Waals surface area contributed by atoms with Gasteiger partial charge in [-0.05, 0) is 49.7 Å². The molecule has 0 bridgehead atoms. The summed E-state index contributed by atoms with van der Waals surface area (Å²) in [6.07, 6.45) is 2.58. The number of hydrogen-bond acceptors (Lipinski definition) is 3. The Kier molecular flexibility index (Phi) is 4.03. The molecule has 2 aromatic rings. The maximum absolute atomic E-state index is 11.9. The fraction of sp³-hybridized carbons (Fsp3) is 0.294. The topological polar surface area (TPSA) is 45.2 Å². The highest BCUT2D eigenvalue weighted by atomic mass is 35.5. The first-order valence-electron chi connectivity index (χ1n) is 7.33. The lowest BCUT2D eigenvalue weighted by Crippen LogP contribution is -2.43. The Hall–Kier alpha value is -2.07. The Balaban J connectivity index is 1.94. The zero-order valence-corrected chi connectivity index (χ0v) is 13.3. The Morgan fingerprint density at radius 2 is 2.05 bits per heavy atom. The van der Waals surface area contributed by atoms with Gasteiger partial charge in [-0.1, -0.05) is 11.6 Å². The summed E-state index contributed by atoms with van der Waals surface area (Å²) in [7, 11) is 0. The summed E-state index contributed by atoms with van der Waals surface area (Å²) in [6.45, 7) is 3.66. The first kappa shape index (κ1) is 14.9. The van der Waals surface area contributed by atoms with Gasteiger partial charge in [0.05, 0.1) is 17.4 Å². The van der Waals surface area contributed by atoms with Crippen LogP contribution in [0.4, 0.5) is 11.4 Å². The molecule has 1 amide bonds. The summed E-state index contributed by atoms with van der Waals surface area (Å²) >= 11 is 5.93. The highest BCUT2D eigenvalue weighted by molar-refractivity contribution is 6.30. The molecule has 0 fully saturated rings. The largest absolute Gasteiger partial charge is 0.376 e. The molecule has 2 heterocycles. The molecule has 1 aliphatic rings. The fourth-order valence-corrected chi connectivity index (χ4v) is 3.16. The van der Waals surface area contributed by atoms with E-state index in [9.17, 15) is 4.79 Å². The van der Waals surface area contributed by atoms with Crippen LogP contribution in [0, 0.1) is 0 Å². The summed E-state index contributed by atoms with van der Waals surface area (Å²) < 4.78 is 0. The van der Waals surface area contributed by atoms with Gasteiger partial charge in [0.1, 0.15) is 0 Å². The van der Waals surface area contributed by atoms with Crippen LogP contribution in [0.1, 0.15) is 32.0 Å². The smallest absolute Gasteiger partial charge is 0.224 e. The molecule has 0 aliphatic carbocycles. The van der Waals surface area contributed by atoms with Crippen LogP contribution in [0.5, 0.6) is 0 Å². The molecule has 4 nitrogen and oxygen atoms in total. The zero-order chi connectivity index (χ0) is 15.7. The van der Waals surface area contributed by atoms with E-state index in [1.807, 2.05) is 41.3 Å². The van der Waals surface area contributed by atoms with Gasteiger partial charge in [0.25, 0.3) is 0 Å². The molecule has 5 heteroatoms. The molecular formula is C17H18ClN3O. The number of pyridine rings is 1. The maximum atomic E-state index is 11.9. The monoisotopic (exact) mass is 315 g/mol. The molecule has 0 unspecified atom stereocenters. The van der Waals surface area contributed by atoms with E-state index in [0.717, 1.165) is 23.5 Å². The summed E-state index contributed by atoms with van der Waals surface area (Å²) in [6, 6.07) is 11.6. The van der Waals surface area contributed by atoms with E-state index in [4.69, 9.17) is 11.6 Å². The standard InChI is InChI=1S/C17H18ClN3O/c1-11-10-15(20-14-7-5-13(18)6-8-14)17-16(4-3-9-19-17)21(11)12(2)22/h3-9,11,15,20H,10H2,1-2H3/t11-,15+/m1/s1. The molecule has 2 atom stereocenters. The van der Waals surface area contributed by atoms with Crippen LogP contribution < -0.4 is 10.2 Å².